The van der Waals surface area contributed by atoms with Crippen molar-refractivity contribution in [3.8, 4) is 6.07 Å². The second-order valence-electron chi connectivity index (χ2n) is 7.91. The standard InChI is InChI=1S/C23H28N4O/c1-2-25-22(28)10-3-6-16(13-24)15-27-11-5-8-18-19-7-4-9-20-23(19)17(14-26-20)12-21(18)27/h4,6-7,9,14,18,21,26H,2-3,5,8,10-12,15H2,1H3,(H,25,28)/t18?,21-/m1/s1. The highest BCUT2D eigenvalue weighted by Gasteiger charge is 2.37. The first kappa shape index (κ1) is 18.8. The summed E-state index contributed by atoms with van der Waals surface area (Å²) in [6, 6.07) is 9.41. The van der Waals surface area contributed by atoms with E-state index in [0.717, 1.165) is 25.0 Å². The van der Waals surface area contributed by atoms with E-state index in [9.17, 15) is 10.1 Å². The summed E-state index contributed by atoms with van der Waals surface area (Å²) in [5, 5.41) is 13.8. The Bertz CT molecular complexity index is 936. The van der Waals surface area contributed by atoms with E-state index in [4.69, 9.17) is 0 Å². The van der Waals surface area contributed by atoms with Crippen LogP contribution in [0, 0.1) is 11.3 Å². The molecule has 5 nitrogen and oxygen atoms in total. The van der Waals surface area contributed by atoms with Gasteiger partial charge in [-0.2, -0.15) is 5.26 Å². The molecule has 2 aromatic rings. The van der Waals surface area contributed by atoms with E-state index in [0.29, 0.717) is 37.9 Å². The number of carbonyl (C=O) groups is 1. The molecular formula is C23H28N4O. The molecule has 0 radical (unpaired) electrons. The minimum absolute atomic E-state index is 0.0504. The summed E-state index contributed by atoms with van der Waals surface area (Å²) in [6.07, 6.45) is 8.59. The van der Waals surface area contributed by atoms with Gasteiger partial charge in [0.25, 0.3) is 0 Å². The van der Waals surface area contributed by atoms with E-state index in [1.54, 1.807) is 0 Å². The van der Waals surface area contributed by atoms with Crippen LogP contribution in [-0.4, -0.2) is 41.5 Å². The van der Waals surface area contributed by atoms with Crippen molar-refractivity contribution in [3.63, 3.8) is 0 Å². The Kier molecular flexibility index (Phi) is 5.50. The van der Waals surface area contributed by atoms with Gasteiger partial charge in [0, 0.05) is 54.1 Å². The molecule has 1 saturated heterocycles. The van der Waals surface area contributed by atoms with Crippen molar-refractivity contribution in [2.24, 2.45) is 0 Å². The summed E-state index contributed by atoms with van der Waals surface area (Å²) in [5.74, 6) is 0.588. The molecule has 1 aliphatic carbocycles. The van der Waals surface area contributed by atoms with Crippen molar-refractivity contribution >= 4 is 16.8 Å². The van der Waals surface area contributed by atoms with Crippen LogP contribution >= 0.6 is 0 Å². The number of benzene rings is 1. The Morgan fingerprint density at radius 3 is 3.18 bits per heavy atom. The molecule has 0 spiro atoms. The van der Waals surface area contributed by atoms with E-state index in [1.807, 2.05) is 13.0 Å². The van der Waals surface area contributed by atoms with Crippen LogP contribution in [0.1, 0.15) is 49.7 Å². The molecule has 146 valence electrons. The van der Waals surface area contributed by atoms with Gasteiger partial charge in [-0.15, -0.1) is 0 Å². The molecule has 0 saturated carbocycles. The van der Waals surface area contributed by atoms with Gasteiger partial charge in [-0.3, -0.25) is 9.69 Å². The number of hydrogen-bond acceptors (Lipinski definition) is 3. The van der Waals surface area contributed by atoms with E-state index >= 15 is 0 Å². The van der Waals surface area contributed by atoms with Crippen LogP contribution in [0.2, 0.25) is 0 Å². The first-order valence-corrected chi connectivity index (χ1v) is 10.4. The Morgan fingerprint density at radius 2 is 2.36 bits per heavy atom. The minimum atomic E-state index is 0.0504. The number of rotatable bonds is 6. The van der Waals surface area contributed by atoms with E-state index in [2.05, 4.69) is 45.7 Å². The number of piperidine rings is 1. The fourth-order valence-electron chi connectivity index (χ4n) is 4.97. The van der Waals surface area contributed by atoms with Gasteiger partial charge in [0.2, 0.25) is 5.91 Å². The van der Waals surface area contributed by atoms with Crippen LogP contribution < -0.4 is 5.32 Å². The van der Waals surface area contributed by atoms with E-state index in [-0.39, 0.29) is 5.91 Å². The van der Waals surface area contributed by atoms with Crippen LogP contribution in [-0.2, 0) is 11.2 Å². The van der Waals surface area contributed by atoms with Gasteiger partial charge in [0.05, 0.1) is 6.07 Å². The van der Waals surface area contributed by atoms with Gasteiger partial charge in [-0.25, -0.2) is 0 Å². The maximum atomic E-state index is 11.6. The molecule has 28 heavy (non-hydrogen) atoms. The van der Waals surface area contributed by atoms with Gasteiger partial charge in [-0.05, 0) is 56.3 Å². The Balaban J connectivity index is 1.49. The predicted molar refractivity (Wildman–Crippen MR) is 111 cm³/mol. The van der Waals surface area contributed by atoms with Crippen LogP contribution in [0.3, 0.4) is 0 Å². The first-order chi connectivity index (χ1) is 13.7. The molecule has 1 fully saturated rings. The molecule has 2 atom stereocenters. The molecule has 2 aliphatic rings. The molecule has 5 heteroatoms. The summed E-state index contributed by atoms with van der Waals surface area (Å²) < 4.78 is 0. The number of carbonyl (C=O) groups excluding carboxylic acids is 1. The van der Waals surface area contributed by atoms with Crippen LogP contribution in [0.15, 0.2) is 36.0 Å². The minimum Gasteiger partial charge on any atom is -0.361 e. The van der Waals surface area contributed by atoms with Crippen molar-refractivity contribution in [1.29, 1.82) is 5.26 Å². The molecule has 1 aromatic carbocycles. The zero-order valence-electron chi connectivity index (χ0n) is 16.5. The quantitative estimate of drug-likeness (QED) is 0.756. The summed E-state index contributed by atoms with van der Waals surface area (Å²) in [6.45, 7) is 4.29. The number of aromatic amines is 1. The molecule has 1 amide bonds. The zero-order valence-corrected chi connectivity index (χ0v) is 16.5. The van der Waals surface area contributed by atoms with Gasteiger partial charge in [-0.1, -0.05) is 18.2 Å². The summed E-state index contributed by atoms with van der Waals surface area (Å²) in [5.41, 5.74) is 4.89. The average Bonchev–Trinajstić information content (AvgIpc) is 3.12. The number of hydrogen-bond donors (Lipinski definition) is 2. The SMILES string of the molecule is CCNC(=O)CCC=C(C#N)CN1CCCC2c3cccc4[nH]cc(c34)C[C@H]21. The van der Waals surface area contributed by atoms with Crippen molar-refractivity contribution in [2.45, 2.75) is 51.0 Å². The highest BCUT2D eigenvalue weighted by molar-refractivity contribution is 5.88. The maximum absolute atomic E-state index is 11.6. The molecular weight excluding hydrogens is 348 g/mol. The van der Waals surface area contributed by atoms with Crippen molar-refractivity contribution in [2.75, 3.05) is 19.6 Å². The number of nitriles is 1. The van der Waals surface area contributed by atoms with Crippen LogP contribution in [0.4, 0.5) is 0 Å². The van der Waals surface area contributed by atoms with Gasteiger partial charge in [0.1, 0.15) is 0 Å². The van der Waals surface area contributed by atoms with Crippen LogP contribution in [0.25, 0.3) is 10.9 Å². The van der Waals surface area contributed by atoms with Crippen LogP contribution in [0.5, 0.6) is 0 Å². The lowest BCUT2D eigenvalue weighted by atomic mass is 9.75. The number of likely N-dealkylation sites (tertiary alicyclic amines) is 1. The molecule has 1 aromatic heterocycles. The highest BCUT2D eigenvalue weighted by Crippen LogP contribution is 2.43. The number of fused-ring (bicyclic) bond motifs is 2. The molecule has 1 unspecified atom stereocenters. The molecule has 2 heterocycles. The van der Waals surface area contributed by atoms with Crippen molar-refractivity contribution in [3.05, 3.63) is 47.2 Å². The van der Waals surface area contributed by atoms with E-state index in [1.165, 1.54) is 28.5 Å². The second kappa shape index (κ2) is 8.20. The molecule has 0 bridgehead atoms. The Morgan fingerprint density at radius 1 is 1.46 bits per heavy atom. The van der Waals surface area contributed by atoms with Gasteiger partial charge in [0.15, 0.2) is 0 Å². The zero-order chi connectivity index (χ0) is 19.5. The van der Waals surface area contributed by atoms with E-state index < -0.39 is 0 Å². The smallest absolute Gasteiger partial charge is 0.220 e. The summed E-state index contributed by atoms with van der Waals surface area (Å²) in [4.78, 5) is 17.6. The first-order valence-electron chi connectivity index (χ1n) is 10.4. The largest absolute Gasteiger partial charge is 0.361 e. The number of nitrogens with zero attached hydrogens (tertiary/aromatic N) is 2. The van der Waals surface area contributed by atoms with Gasteiger partial charge >= 0.3 is 0 Å². The summed E-state index contributed by atoms with van der Waals surface area (Å²) >= 11 is 0. The molecule has 4 rings (SSSR count). The number of H-pyrrole nitrogens is 1. The predicted octanol–water partition coefficient (Wildman–Crippen LogP) is 3.64. The number of nitrogens with one attached hydrogen (secondary N) is 2. The maximum Gasteiger partial charge on any atom is 0.220 e. The summed E-state index contributed by atoms with van der Waals surface area (Å²) in [7, 11) is 0. The van der Waals surface area contributed by atoms with Crippen molar-refractivity contribution < 1.29 is 4.79 Å². The Labute approximate surface area is 166 Å². The Hall–Kier alpha value is -2.58. The fourth-order valence-corrected chi connectivity index (χ4v) is 4.97. The molecule has 2 N–H and O–H groups in total. The number of amides is 1. The topological polar surface area (TPSA) is 71.9 Å². The lowest BCUT2D eigenvalue weighted by molar-refractivity contribution is -0.120. The lowest BCUT2D eigenvalue weighted by Gasteiger charge is -2.44. The number of aromatic nitrogens is 1. The highest BCUT2D eigenvalue weighted by atomic mass is 16.1. The third-order valence-corrected chi connectivity index (χ3v) is 6.20. The second-order valence-corrected chi connectivity index (χ2v) is 7.91. The lowest BCUT2D eigenvalue weighted by Crippen LogP contribution is -2.47. The van der Waals surface area contributed by atoms with Crippen molar-refractivity contribution in [1.82, 2.24) is 15.2 Å². The monoisotopic (exact) mass is 376 g/mol. The average molecular weight is 377 g/mol. The molecule has 1 aliphatic heterocycles. The normalized spacial score (nSPS) is 21.9. The third kappa shape index (κ3) is 3.57. The number of allylic oxidation sites excluding steroid dienone is 1. The third-order valence-electron chi connectivity index (χ3n) is 6.20. The fraction of sp³-hybridized carbons (Fsp3) is 0.478. The van der Waals surface area contributed by atoms with Gasteiger partial charge < -0.3 is 10.3 Å².